The summed E-state index contributed by atoms with van der Waals surface area (Å²) in [4.78, 5) is 37.7. The smallest absolute Gasteiger partial charge is 0.326 e. The molecule has 6 nitrogen and oxygen atoms in total. The number of carboxylic acid groups (broad SMARTS) is 1. The van der Waals surface area contributed by atoms with Gasteiger partial charge in [-0.15, -0.1) is 0 Å². The number of carbonyl (C=O) groups excluding carboxylic acids is 2. The summed E-state index contributed by atoms with van der Waals surface area (Å²) >= 11 is 0. The van der Waals surface area contributed by atoms with Crippen molar-refractivity contribution in [2.45, 2.75) is 63.6 Å². The summed E-state index contributed by atoms with van der Waals surface area (Å²) in [6, 6.07) is 1.00. The fourth-order valence-corrected chi connectivity index (χ4v) is 4.63. The number of fused-ring (bicyclic) bond motifs is 1. The SMILES string of the molecule is CC(=O)N[C@H](CC(=O)N1[C@@H]2CCCC[C@H]2C[C@H]1C(=O)O)c1c(F)cccc1F. The predicted molar refractivity (Wildman–Crippen MR) is 96.2 cm³/mol. The summed E-state index contributed by atoms with van der Waals surface area (Å²) in [5, 5.41) is 12.0. The van der Waals surface area contributed by atoms with E-state index in [4.69, 9.17) is 0 Å². The van der Waals surface area contributed by atoms with E-state index in [0.717, 1.165) is 37.8 Å². The van der Waals surface area contributed by atoms with Crippen molar-refractivity contribution in [2.75, 3.05) is 0 Å². The number of carboxylic acids is 1. The summed E-state index contributed by atoms with van der Waals surface area (Å²) in [7, 11) is 0. The zero-order valence-electron chi connectivity index (χ0n) is 15.7. The largest absolute Gasteiger partial charge is 0.480 e. The van der Waals surface area contributed by atoms with Crippen LogP contribution in [0.15, 0.2) is 18.2 Å². The van der Waals surface area contributed by atoms with Gasteiger partial charge >= 0.3 is 5.97 Å². The number of nitrogens with zero attached hydrogens (tertiary/aromatic N) is 1. The fraction of sp³-hybridized carbons (Fsp3) is 0.550. The molecule has 0 aromatic heterocycles. The highest BCUT2D eigenvalue weighted by Gasteiger charge is 2.47. The van der Waals surface area contributed by atoms with E-state index >= 15 is 0 Å². The van der Waals surface area contributed by atoms with Crippen LogP contribution in [0.1, 0.15) is 57.1 Å². The zero-order chi connectivity index (χ0) is 20.4. The van der Waals surface area contributed by atoms with Gasteiger partial charge < -0.3 is 15.3 Å². The minimum absolute atomic E-state index is 0.128. The second-order valence-corrected chi connectivity index (χ2v) is 7.60. The van der Waals surface area contributed by atoms with Crippen LogP contribution in [0.2, 0.25) is 0 Å². The Hall–Kier alpha value is -2.51. The minimum atomic E-state index is -1.21. The first kappa shape index (κ1) is 20.2. The average Bonchev–Trinajstić information content (AvgIpc) is 3.01. The maximum Gasteiger partial charge on any atom is 0.326 e. The molecule has 1 saturated carbocycles. The Bertz CT molecular complexity index is 765. The molecule has 1 aromatic rings. The summed E-state index contributed by atoms with van der Waals surface area (Å²) in [5.41, 5.74) is -0.391. The van der Waals surface area contributed by atoms with Crippen LogP contribution in [0.25, 0.3) is 0 Å². The number of hydrogen-bond donors (Lipinski definition) is 2. The van der Waals surface area contributed by atoms with Gasteiger partial charge in [-0.2, -0.15) is 0 Å². The van der Waals surface area contributed by atoms with Crippen molar-refractivity contribution in [1.82, 2.24) is 10.2 Å². The first-order valence-corrected chi connectivity index (χ1v) is 9.54. The lowest BCUT2D eigenvalue weighted by atomic mass is 9.84. The Balaban J connectivity index is 1.88. The molecule has 0 spiro atoms. The van der Waals surface area contributed by atoms with Crippen LogP contribution in [0.4, 0.5) is 8.78 Å². The zero-order valence-corrected chi connectivity index (χ0v) is 15.7. The molecule has 0 radical (unpaired) electrons. The molecule has 28 heavy (non-hydrogen) atoms. The molecule has 1 aromatic carbocycles. The van der Waals surface area contributed by atoms with E-state index in [1.807, 2.05) is 0 Å². The lowest BCUT2D eigenvalue weighted by Crippen LogP contribution is -2.47. The third-order valence-corrected chi connectivity index (χ3v) is 5.77. The number of hydrogen-bond acceptors (Lipinski definition) is 3. The molecule has 1 aliphatic carbocycles. The maximum atomic E-state index is 14.2. The van der Waals surface area contributed by atoms with Gasteiger partial charge in [-0.3, -0.25) is 9.59 Å². The molecule has 4 atom stereocenters. The molecular formula is C20H24F2N2O4. The van der Waals surface area contributed by atoms with Gasteiger partial charge in [-0.05, 0) is 37.3 Å². The van der Waals surface area contributed by atoms with Gasteiger partial charge in [-0.1, -0.05) is 18.9 Å². The molecule has 0 unspecified atom stereocenters. The monoisotopic (exact) mass is 394 g/mol. The van der Waals surface area contributed by atoms with Gasteiger partial charge in [0.05, 0.1) is 12.5 Å². The van der Waals surface area contributed by atoms with E-state index in [1.54, 1.807) is 0 Å². The number of amides is 2. The fourth-order valence-electron chi connectivity index (χ4n) is 4.63. The van der Waals surface area contributed by atoms with Crippen LogP contribution < -0.4 is 5.32 Å². The van der Waals surface area contributed by atoms with Crippen molar-refractivity contribution < 1.29 is 28.3 Å². The molecule has 1 saturated heterocycles. The molecule has 0 bridgehead atoms. The second kappa shape index (κ2) is 8.24. The highest BCUT2D eigenvalue weighted by atomic mass is 19.1. The third-order valence-electron chi connectivity index (χ3n) is 5.77. The lowest BCUT2D eigenvalue weighted by molar-refractivity contribution is -0.150. The van der Waals surface area contributed by atoms with Crippen molar-refractivity contribution in [3.63, 3.8) is 0 Å². The van der Waals surface area contributed by atoms with Crippen molar-refractivity contribution >= 4 is 17.8 Å². The molecule has 2 N–H and O–H groups in total. The number of likely N-dealkylation sites (tertiary alicyclic amines) is 1. The van der Waals surface area contributed by atoms with Crippen LogP contribution in [0.3, 0.4) is 0 Å². The van der Waals surface area contributed by atoms with Gasteiger partial charge in [0, 0.05) is 18.5 Å². The second-order valence-electron chi connectivity index (χ2n) is 7.60. The number of benzene rings is 1. The van der Waals surface area contributed by atoms with Gasteiger partial charge in [0.1, 0.15) is 17.7 Å². The van der Waals surface area contributed by atoms with Crippen LogP contribution in [0, 0.1) is 17.6 Å². The van der Waals surface area contributed by atoms with Crippen LogP contribution in [-0.2, 0) is 14.4 Å². The molecule has 152 valence electrons. The maximum absolute atomic E-state index is 14.2. The van der Waals surface area contributed by atoms with Gasteiger partial charge in [-0.25, -0.2) is 13.6 Å². The van der Waals surface area contributed by atoms with E-state index in [0.29, 0.717) is 6.42 Å². The standard InChI is InChI=1S/C20H24F2N2O4/c1-11(25)23-15(19-13(21)6-4-7-14(19)22)10-18(26)24-16-8-3-2-5-12(16)9-17(24)20(27)28/h4,6-7,12,15-17H,2-3,5,8-10H2,1H3,(H,23,25)(H,27,28)/t12-,15+,16+,17-/m0/s1. The van der Waals surface area contributed by atoms with E-state index in [9.17, 15) is 28.3 Å². The average molecular weight is 394 g/mol. The molecule has 8 heteroatoms. The number of carbonyl (C=O) groups is 3. The number of aliphatic carboxylic acids is 1. The number of rotatable bonds is 5. The molecule has 2 aliphatic rings. The van der Waals surface area contributed by atoms with Gasteiger partial charge in [0.25, 0.3) is 0 Å². The first-order valence-electron chi connectivity index (χ1n) is 9.54. The molecule has 3 rings (SSSR count). The van der Waals surface area contributed by atoms with E-state index in [2.05, 4.69) is 5.32 Å². The van der Waals surface area contributed by atoms with Crippen molar-refractivity contribution in [2.24, 2.45) is 5.92 Å². The molecule has 1 heterocycles. The summed E-state index contributed by atoms with van der Waals surface area (Å²) in [6.45, 7) is 1.20. The van der Waals surface area contributed by atoms with Crippen LogP contribution >= 0.6 is 0 Å². The van der Waals surface area contributed by atoms with Crippen LogP contribution in [-0.4, -0.2) is 39.9 Å². The van der Waals surface area contributed by atoms with E-state index < -0.39 is 53.5 Å². The Morgan fingerprint density at radius 3 is 2.46 bits per heavy atom. The molecule has 1 aliphatic heterocycles. The summed E-state index contributed by atoms with van der Waals surface area (Å²) in [6.07, 6.45) is 3.50. The Kier molecular flexibility index (Phi) is 5.96. The van der Waals surface area contributed by atoms with E-state index in [-0.39, 0.29) is 12.0 Å². The first-order chi connectivity index (χ1) is 13.3. The van der Waals surface area contributed by atoms with Gasteiger partial charge in [0.15, 0.2) is 0 Å². The van der Waals surface area contributed by atoms with E-state index in [1.165, 1.54) is 17.9 Å². The highest BCUT2D eigenvalue weighted by molar-refractivity contribution is 5.85. The van der Waals surface area contributed by atoms with Crippen molar-refractivity contribution in [3.8, 4) is 0 Å². The van der Waals surface area contributed by atoms with Crippen molar-refractivity contribution in [1.29, 1.82) is 0 Å². The highest BCUT2D eigenvalue weighted by Crippen LogP contribution is 2.40. The van der Waals surface area contributed by atoms with Gasteiger partial charge in [0.2, 0.25) is 11.8 Å². The predicted octanol–water partition coefficient (Wildman–Crippen LogP) is 2.78. The third kappa shape index (κ3) is 4.00. The summed E-state index contributed by atoms with van der Waals surface area (Å²) < 4.78 is 28.5. The number of halogens is 2. The minimum Gasteiger partial charge on any atom is -0.480 e. The normalized spacial score (nSPS) is 25.1. The Morgan fingerprint density at radius 1 is 1.21 bits per heavy atom. The summed E-state index contributed by atoms with van der Waals surface area (Å²) in [5.74, 6) is -3.72. The molecule has 2 amide bonds. The quantitative estimate of drug-likeness (QED) is 0.804. The molecule has 2 fully saturated rings. The van der Waals surface area contributed by atoms with Crippen LogP contribution in [0.5, 0.6) is 0 Å². The lowest BCUT2D eigenvalue weighted by Gasteiger charge is -2.34. The van der Waals surface area contributed by atoms with Crippen molar-refractivity contribution in [3.05, 3.63) is 35.4 Å². The Labute approximate surface area is 161 Å². The molecular weight excluding hydrogens is 370 g/mol. The topological polar surface area (TPSA) is 86.7 Å². The Morgan fingerprint density at radius 2 is 1.86 bits per heavy atom. The number of nitrogens with one attached hydrogen (secondary N) is 1.